The average Bonchev–Trinajstić information content (AvgIpc) is 2.22. The van der Waals surface area contributed by atoms with E-state index in [0.29, 0.717) is 9.88 Å². The first kappa shape index (κ1) is 5.67. The van der Waals surface area contributed by atoms with Gasteiger partial charge in [-0.25, -0.2) is 4.00 Å². The Balaban J connectivity index is 2.13. The van der Waals surface area contributed by atoms with Gasteiger partial charge in [0.25, 0.3) is 0 Å². The second-order valence-electron chi connectivity index (χ2n) is 1.89. The predicted molar refractivity (Wildman–Crippen MR) is 31.4 cm³/mol. The predicted octanol–water partition coefficient (Wildman–Crippen LogP) is 1.21. The first-order chi connectivity index (χ1) is 3.27. The molecule has 7 heavy (non-hydrogen) atoms. The molecule has 1 nitrogen and oxygen atoms in total. The van der Waals surface area contributed by atoms with E-state index in [1.54, 1.807) is 0 Å². The van der Waals surface area contributed by atoms with Gasteiger partial charge in [-0.1, -0.05) is 0 Å². The number of alkyl halides is 1. The Morgan fingerprint density at radius 1 is 1.43 bits per heavy atom. The Kier molecular flexibility index (Phi) is 1.46. The summed E-state index contributed by atoms with van der Waals surface area (Å²) in [5.41, 5.74) is 0. The van der Waals surface area contributed by atoms with Crippen LogP contribution in [0.1, 0.15) is 0 Å². The van der Waals surface area contributed by atoms with E-state index in [-0.39, 0.29) is 0 Å². The molecule has 0 spiro atoms. The first-order valence-electron chi connectivity index (χ1n) is 2.38. The number of rotatable bonds is 2. The summed E-state index contributed by atoms with van der Waals surface area (Å²) in [5.74, 6) is 0.684. The average molecular weight is 141 g/mol. The fourth-order valence-corrected chi connectivity index (χ4v) is 1.05. The van der Waals surface area contributed by atoms with Crippen molar-refractivity contribution < 1.29 is 4.00 Å². The molecule has 0 aromatic heterocycles. The van der Waals surface area contributed by atoms with Crippen molar-refractivity contribution >= 4 is 23.4 Å². The van der Waals surface area contributed by atoms with E-state index in [0.717, 1.165) is 19.6 Å². The van der Waals surface area contributed by atoms with Crippen molar-refractivity contribution in [2.45, 2.75) is 0 Å². The Hall–Kier alpha value is 0.540. The van der Waals surface area contributed by atoms with Crippen molar-refractivity contribution in [2.24, 2.45) is 0 Å². The second kappa shape index (κ2) is 1.81. The van der Waals surface area contributed by atoms with Crippen molar-refractivity contribution in [3.8, 4) is 0 Å². The van der Waals surface area contributed by atoms with Crippen LogP contribution in [0.4, 0.5) is 0 Å². The summed E-state index contributed by atoms with van der Waals surface area (Å²) in [6.07, 6.45) is 0. The molecule has 42 valence electrons. The lowest BCUT2D eigenvalue weighted by atomic mass is 10.8. The van der Waals surface area contributed by atoms with Crippen molar-refractivity contribution in [1.29, 1.82) is 0 Å². The molecular formula is C4H8Cl2N+. The molecule has 1 heterocycles. The van der Waals surface area contributed by atoms with Crippen molar-refractivity contribution in [3.63, 3.8) is 0 Å². The van der Waals surface area contributed by atoms with Crippen LogP contribution < -0.4 is 0 Å². The maximum atomic E-state index is 5.80. The Labute approximate surface area is 53.5 Å². The maximum Gasteiger partial charge on any atom is 0.165 e. The molecule has 0 atom stereocenters. The van der Waals surface area contributed by atoms with Crippen molar-refractivity contribution in [1.82, 2.24) is 0 Å². The van der Waals surface area contributed by atoms with Gasteiger partial charge in [0.15, 0.2) is 11.8 Å². The molecule has 1 aliphatic rings. The number of hydrogen-bond acceptors (Lipinski definition) is 0. The van der Waals surface area contributed by atoms with Gasteiger partial charge in [-0.05, 0) is 0 Å². The van der Waals surface area contributed by atoms with E-state index in [2.05, 4.69) is 0 Å². The summed E-state index contributed by atoms with van der Waals surface area (Å²) in [7, 11) is 0. The minimum Gasteiger partial charge on any atom is -0.211 e. The van der Waals surface area contributed by atoms with Crippen LogP contribution in [0.2, 0.25) is 0 Å². The van der Waals surface area contributed by atoms with Crippen molar-refractivity contribution in [2.75, 3.05) is 25.5 Å². The molecule has 1 fully saturated rings. The van der Waals surface area contributed by atoms with E-state index in [4.69, 9.17) is 23.4 Å². The number of quaternary nitrogens is 1. The zero-order valence-electron chi connectivity index (χ0n) is 4.03. The Morgan fingerprint density at radius 2 is 2.00 bits per heavy atom. The van der Waals surface area contributed by atoms with Gasteiger partial charge in [0, 0.05) is 0 Å². The van der Waals surface area contributed by atoms with E-state index < -0.39 is 0 Å². The van der Waals surface area contributed by atoms with Crippen LogP contribution in [-0.4, -0.2) is 29.5 Å². The van der Waals surface area contributed by atoms with E-state index in [1.165, 1.54) is 0 Å². The molecule has 1 aliphatic heterocycles. The second-order valence-corrected chi connectivity index (χ2v) is 2.98. The fraction of sp³-hybridized carbons (Fsp3) is 1.00. The smallest absolute Gasteiger partial charge is 0.165 e. The van der Waals surface area contributed by atoms with E-state index in [1.807, 2.05) is 0 Å². The highest BCUT2D eigenvalue weighted by Gasteiger charge is 2.40. The lowest BCUT2D eigenvalue weighted by molar-refractivity contribution is -0.666. The highest BCUT2D eigenvalue weighted by molar-refractivity contribution is 6.18. The largest absolute Gasteiger partial charge is 0.211 e. The zero-order valence-corrected chi connectivity index (χ0v) is 5.54. The molecule has 1 saturated heterocycles. The molecular weight excluding hydrogens is 133 g/mol. The van der Waals surface area contributed by atoms with E-state index >= 15 is 0 Å². The van der Waals surface area contributed by atoms with Gasteiger partial charge >= 0.3 is 0 Å². The molecule has 1 rings (SSSR count). The molecule has 0 N–H and O–H groups in total. The molecule has 0 bridgehead atoms. The normalized spacial score (nSPS) is 24.9. The Morgan fingerprint density at radius 3 is 2.14 bits per heavy atom. The van der Waals surface area contributed by atoms with Crippen LogP contribution >= 0.6 is 23.4 Å². The fourth-order valence-electron chi connectivity index (χ4n) is 0.484. The SMILES string of the molecule is ClCC[N+]1(Cl)CC1. The van der Waals surface area contributed by atoms with E-state index in [9.17, 15) is 0 Å². The monoisotopic (exact) mass is 140 g/mol. The van der Waals surface area contributed by atoms with Crippen LogP contribution in [-0.2, 0) is 0 Å². The molecule has 0 saturated carbocycles. The number of halogens is 2. The third-order valence-electron chi connectivity index (χ3n) is 1.19. The summed E-state index contributed by atoms with van der Waals surface area (Å²) >= 11 is 11.2. The van der Waals surface area contributed by atoms with Gasteiger partial charge in [-0.15, -0.1) is 11.6 Å². The highest BCUT2D eigenvalue weighted by Crippen LogP contribution is 2.24. The van der Waals surface area contributed by atoms with Crippen LogP contribution in [0.15, 0.2) is 0 Å². The quantitative estimate of drug-likeness (QED) is 0.308. The summed E-state index contributed by atoms with van der Waals surface area (Å²) in [4.78, 5) is 0. The molecule has 3 heteroatoms. The molecule has 0 radical (unpaired) electrons. The summed E-state index contributed by atoms with van der Waals surface area (Å²) in [6, 6.07) is 0. The van der Waals surface area contributed by atoms with Crippen LogP contribution in [0.5, 0.6) is 0 Å². The topological polar surface area (TPSA) is 0 Å². The standard InChI is InChI=1S/C4H8Cl2N/c5-1-2-7(6)3-4-7/h1-4H2/q+1. The molecule has 0 aromatic carbocycles. The summed E-state index contributed by atoms with van der Waals surface area (Å²) in [6.45, 7) is 3.13. The van der Waals surface area contributed by atoms with Gasteiger partial charge in [0.05, 0.1) is 5.88 Å². The first-order valence-corrected chi connectivity index (χ1v) is 3.26. The van der Waals surface area contributed by atoms with Crippen LogP contribution in [0.25, 0.3) is 0 Å². The van der Waals surface area contributed by atoms with Gasteiger partial charge in [-0.3, -0.25) is 0 Å². The molecule has 0 aliphatic carbocycles. The highest BCUT2D eigenvalue weighted by atomic mass is 35.5. The molecule has 0 aromatic rings. The number of nitrogens with zero attached hydrogens (tertiary/aromatic N) is 1. The maximum absolute atomic E-state index is 5.80. The molecule has 0 unspecified atom stereocenters. The third kappa shape index (κ3) is 1.48. The lowest BCUT2D eigenvalue weighted by Gasteiger charge is -2.00. The third-order valence-corrected chi connectivity index (χ3v) is 1.87. The van der Waals surface area contributed by atoms with Gasteiger partial charge in [0.2, 0.25) is 0 Å². The van der Waals surface area contributed by atoms with Gasteiger partial charge in [0.1, 0.15) is 19.6 Å². The van der Waals surface area contributed by atoms with Gasteiger partial charge < -0.3 is 0 Å². The summed E-state index contributed by atoms with van der Waals surface area (Å²) in [5, 5.41) is 0. The number of hydrogen-bond donors (Lipinski definition) is 0. The van der Waals surface area contributed by atoms with Crippen LogP contribution in [0.3, 0.4) is 0 Å². The molecule has 0 amide bonds. The van der Waals surface area contributed by atoms with Crippen molar-refractivity contribution in [3.05, 3.63) is 0 Å². The minimum atomic E-state index is 0.684. The van der Waals surface area contributed by atoms with Crippen LogP contribution in [0, 0.1) is 0 Å². The Bertz CT molecular complexity index is 70.1. The minimum absolute atomic E-state index is 0.684. The zero-order chi connectivity index (χ0) is 5.33. The summed E-state index contributed by atoms with van der Waals surface area (Å²) < 4.78 is 0.684. The van der Waals surface area contributed by atoms with Gasteiger partial charge in [-0.2, -0.15) is 0 Å². The lowest BCUT2D eigenvalue weighted by Crippen LogP contribution is -2.14.